The molecule has 0 radical (unpaired) electrons. The van der Waals surface area contributed by atoms with Gasteiger partial charge in [0.25, 0.3) is 11.8 Å². The molecule has 3 rings (SSSR count). The van der Waals surface area contributed by atoms with Crippen molar-refractivity contribution in [2.45, 2.75) is 26.2 Å². The largest absolute Gasteiger partial charge is 0.326 e. The molecule has 0 heterocycles. The second-order valence-corrected chi connectivity index (χ2v) is 7.08. The van der Waals surface area contributed by atoms with E-state index >= 15 is 0 Å². The van der Waals surface area contributed by atoms with Gasteiger partial charge in [-0.25, -0.2) is 0 Å². The van der Waals surface area contributed by atoms with E-state index < -0.39 is 11.8 Å². The number of rotatable bonds is 7. The lowest BCUT2D eigenvalue weighted by molar-refractivity contribution is -0.116. The number of hydrazine groups is 1. The Morgan fingerprint density at radius 3 is 1.74 bits per heavy atom. The number of carbonyl (C=O) groups excluding carboxylic acids is 3. The van der Waals surface area contributed by atoms with Gasteiger partial charge in [-0.15, -0.1) is 0 Å². The highest BCUT2D eigenvalue weighted by Gasteiger charge is 2.10. The lowest BCUT2D eigenvalue weighted by Crippen LogP contribution is -2.41. The van der Waals surface area contributed by atoms with Crippen molar-refractivity contribution in [1.29, 1.82) is 0 Å². The summed E-state index contributed by atoms with van der Waals surface area (Å²) < 4.78 is 0. The fourth-order valence-electron chi connectivity index (χ4n) is 2.97. The Morgan fingerprint density at radius 2 is 1.19 bits per heavy atom. The molecule has 3 N–H and O–H groups in total. The Hall–Kier alpha value is -3.93. The lowest BCUT2D eigenvalue weighted by atomic mass is 10.0. The molecule has 0 atom stereocenters. The van der Waals surface area contributed by atoms with Crippen LogP contribution in [-0.2, 0) is 4.79 Å². The summed E-state index contributed by atoms with van der Waals surface area (Å²) in [6.07, 6.45) is 2.26. The second kappa shape index (κ2) is 10.7. The Balaban J connectivity index is 1.52. The molecule has 0 spiro atoms. The zero-order valence-corrected chi connectivity index (χ0v) is 17.4. The van der Waals surface area contributed by atoms with Crippen LogP contribution in [0.25, 0.3) is 11.1 Å². The van der Waals surface area contributed by atoms with E-state index in [0.717, 1.165) is 24.0 Å². The van der Waals surface area contributed by atoms with Crippen LogP contribution in [0.15, 0.2) is 78.9 Å². The Kier molecular flexibility index (Phi) is 7.54. The summed E-state index contributed by atoms with van der Waals surface area (Å²) in [5, 5.41) is 2.79. The standard InChI is InChI=1S/C25H25N3O3/c1-2-3-9-23(29)26-22-16-14-21(15-17-22)25(31)28-27-24(30)20-12-10-19(11-13-20)18-7-5-4-6-8-18/h4-8,10-17H,2-3,9H2,1H3,(H,26,29)(H,27,30)(H,28,31). The van der Waals surface area contributed by atoms with Crippen LogP contribution in [-0.4, -0.2) is 17.7 Å². The predicted molar refractivity (Wildman–Crippen MR) is 121 cm³/mol. The minimum absolute atomic E-state index is 0.0513. The van der Waals surface area contributed by atoms with E-state index in [1.165, 1.54) is 0 Å². The molecule has 3 aromatic carbocycles. The fourth-order valence-corrected chi connectivity index (χ4v) is 2.97. The molecule has 3 amide bonds. The molecule has 0 aliphatic heterocycles. The normalized spacial score (nSPS) is 10.2. The molecule has 0 saturated heterocycles. The van der Waals surface area contributed by atoms with Crippen molar-refractivity contribution in [3.8, 4) is 11.1 Å². The molecule has 3 aromatic rings. The molecule has 0 bridgehead atoms. The zero-order chi connectivity index (χ0) is 22.1. The highest BCUT2D eigenvalue weighted by Crippen LogP contribution is 2.19. The van der Waals surface area contributed by atoms with Gasteiger partial charge >= 0.3 is 0 Å². The fraction of sp³-hybridized carbons (Fsp3) is 0.160. The van der Waals surface area contributed by atoms with E-state index in [0.29, 0.717) is 23.2 Å². The van der Waals surface area contributed by atoms with Crippen molar-refractivity contribution in [1.82, 2.24) is 10.9 Å². The van der Waals surface area contributed by atoms with E-state index in [2.05, 4.69) is 16.2 Å². The van der Waals surface area contributed by atoms with Crippen molar-refractivity contribution in [3.05, 3.63) is 90.0 Å². The summed E-state index contributed by atoms with van der Waals surface area (Å²) in [7, 11) is 0. The van der Waals surface area contributed by atoms with Gasteiger partial charge in [-0.3, -0.25) is 25.2 Å². The maximum absolute atomic E-state index is 12.3. The average molecular weight is 415 g/mol. The predicted octanol–water partition coefficient (Wildman–Crippen LogP) is 4.56. The Labute approximate surface area is 181 Å². The first-order valence-corrected chi connectivity index (χ1v) is 10.2. The number of unbranched alkanes of at least 4 members (excludes halogenated alkanes) is 1. The molecule has 6 nitrogen and oxygen atoms in total. The third-order valence-electron chi connectivity index (χ3n) is 4.73. The number of carbonyl (C=O) groups is 3. The van der Waals surface area contributed by atoms with Crippen LogP contribution in [0.2, 0.25) is 0 Å². The summed E-state index contributed by atoms with van der Waals surface area (Å²) in [5.74, 6) is -0.907. The number of hydrogen-bond acceptors (Lipinski definition) is 3. The van der Waals surface area contributed by atoms with Gasteiger partial charge in [-0.05, 0) is 53.9 Å². The summed E-state index contributed by atoms with van der Waals surface area (Å²) in [6.45, 7) is 2.03. The molecule has 0 fully saturated rings. The summed E-state index contributed by atoms with van der Waals surface area (Å²) >= 11 is 0. The maximum Gasteiger partial charge on any atom is 0.269 e. The van der Waals surface area contributed by atoms with E-state index in [1.54, 1.807) is 36.4 Å². The van der Waals surface area contributed by atoms with Crippen LogP contribution in [0.5, 0.6) is 0 Å². The van der Waals surface area contributed by atoms with Gasteiger partial charge in [0.2, 0.25) is 5.91 Å². The van der Waals surface area contributed by atoms with Gasteiger partial charge in [0.15, 0.2) is 0 Å². The third-order valence-corrected chi connectivity index (χ3v) is 4.73. The molecule has 0 aromatic heterocycles. The highest BCUT2D eigenvalue weighted by molar-refractivity contribution is 5.99. The monoisotopic (exact) mass is 415 g/mol. The number of nitrogens with one attached hydrogen (secondary N) is 3. The molecule has 6 heteroatoms. The molecule has 0 saturated carbocycles. The van der Waals surface area contributed by atoms with Crippen molar-refractivity contribution in [3.63, 3.8) is 0 Å². The van der Waals surface area contributed by atoms with Gasteiger partial charge in [0.1, 0.15) is 0 Å². The molecule has 0 aliphatic rings. The quantitative estimate of drug-likeness (QED) is 0.495. The molecule has 0 unspecified atom stereocenters. The minimum Gasteiger partial charge on any atom is -0.326 e. The van der Waals surface area contributed by atoms with Crippen LogP contribution in [0.3, 0.4) is 0 Å². The van der Waals surface area contributed by atoms with E-state index in [4.69, 9.17) is 0 Å². The zero-order valence-electron chi connectivity index (χ0n) is 17.4. The molecular weight excluding hydrogens is 390 g/mol. The van der Waals surface area contributed by atoms with Crippen molar-refractivity contribution in [2.24, 2.45) is 0 Å². The highest BCUT2D eigenvalue weighted by atomic mass is 16.2. The summed E-state index contributed by atoms with van der Waals surface area (Å²) in [5.41, 5.74) is 8.32. The van der Waals surface area contributed by atoms with Crippen molar-refractivity contribution in [2.75, 3.05) is 5.32 Å². The number of hydrogen-bond donors (Lipinski definition) is 3. The van der Waals surface area contributed by atoms with Crippen LogP contribution in [0.1, 0.15) is 46.9 Å². The van der Waals surface area contributed by atoms with E-state index in [-0.39, 0.29) is 5.91 Å². The first-order valence-electron chi connectivity index (χ1n) is 10.2. The summed E-state index contributed by atoms with van der Waals surface area (Å²) in [6, 6.07) is 23.5. The van der Waals surface area contributed by atoms with E-state index in [9.17, 15) is 14.4 Å². The number of anilines is 1. The van der Waals surface area contributed by atoms with Gasteiger partial charge in [0, 0.05) is 23.2 Å². The Morgan fingerprint density at radius 1 is 0.677 bits per heavy atom. The van der Waals surface area contributed by atoms with Gasteiger partial charge in [-0.2, -0.15) is 0 Å². The third kappa shape index (κ3) is 6.27. The van der Waals surface area contributed by atoms with Crippen LogP contribution in [0, 0.1) is 0 Å². The smallest absolute Gasteiger partial charge is 0.269 e. The van der Waals surface area contributed by atoms with Gasteiger partial charge < -0.3 is 5.32 Å². The first kappa shape index (κ1) is 21.8. The first-order chi connectivity index (χ1) is 15.1. The molecule has 158 valence electrons. The van der Waals surface area contributed by atoms with Crippen LogP contribution in [0.4, 0.5) is 5.69 Å². The van der Waals surface area contributed by atoms with E-state index in [1.807, 2.05) is 49.4 Å². The second-order valence-electron chi connectivity index (χ2n) is 7.08. The van der Waals surface area contributed by atoms with Crippen molar-refractivity contribution >= 4 is 23.4 Å². The number of amides is 3. The number of benzene rings is 3. The topological polar surface area (TPSA) is 87.3 Å². The molecule has 31 heavy (non-hydrogen) atoms. The lowest BCUT2D eigenvalue weighted by Gasteiger charge is -2.09. The molecular formula is C25H25N3O3. The van der Waals surface area contributed by atoms with Gasteiger partial charge in [0.05, 0.1) is 0 Å². The molecule has 0 aliphatic carbocycles. The minimum atomic E-state index is -0.446. The average Bonchev–Trinajstić information content (AvgIpc) is 2.82. The SMILES string of the molecule is CCCCC(=O)Nc1ccc(C(=O)NNC(=O)c2ccc(-c3ccccc3)cc2)cc1. The summed E-state index contributed by atoms with van der Waals surface area (Å²) in [4.78, 5) is 36.4. The Bertz CT molecular complexity index is 1030. The van der Waals surface area contributed by atoms with Crippen LogP contribution < -0.4 is 16.2 Å². The maximum atomic E-state index is 12.3. The van der Waals surface area contributed by atoms with Gasteiger partial charge in [-0.1, -0.05) is 55.8 Å². The van der Waals surface area contributed by atoms with Crippen LogP contribution >= 0.6 is 0 Å². The van der Waals surface area contributed by atoms with Crippen molar-refractivity contribution < 1.29 is 14.4 Å².